The first kappa shape index (κ1) is 34.8. The topological polar surface area (TPSA) is 175 Å². The Balaban J connectivity index is 0.00000529. The summed E-state index contributed by atoms with van der Waals surface area (Å²) < 4.78 is 34.3. The molecule has 1 heterocycles. The van der Waals surface area contributed by atoms with Gasteiger partial charge in [0.05, 0.1) is 11.5 Å². The van der Waals surface area contributed by atoms with Crippen molar-refractivity contribution < 1.29 is 27.5 Å². The number of rotatable bonds is 13. The van der Waals surface area contributed by atoms with Crippen molar-refractivity contribution in [3.05, 3.63) is 54.6 Å². The number of guanidine groups is 1. The smallest absolute Gasteiger partial charge is 0.345 e. The molecule has 2 aromatic carbocycles. The van der Waals surface area contributed by atoms with Gasteiger partial charge in [-0.05, 0) is 61.8 Å². The standard InChI is InChI=1S/C30H40N6O6S.ClH/c1-2-42-29(39)28(34-43(40,41)25-14-10-23(11-15-25)22-8-4-3-5-9-22)36(24-12-13-24)27(38)17-16-26(37)33-19-21-7-6-18-35(20-21)30(31)32;/h3-5,8-11,14-15,21,24,28,34H,2,6-7,12-13,16-20H2,1H3,(H3,31,32)(H,33,37);1H/t21-,28+;/m0./s1. The van der Waals surface area contributed by atoms with Crippen molar-refractivity contribution in [1.82, 2.24) is 19.8 Å². The van der Waals surface area contributed by atoms with Crippen LogP contribution in [0.15, 0.2) is 59.5 Å². The maximum absolute atomic E-state index is 13.4. The van der Waals surface area contributed by atoms with Crippen LogP contribution in [0.2, 0.25) is 0 Å². The molecule has 2 atom stereocenters. The molecule has 2 aromatic rings. The molecule has 0 spiro atoms. The van der Waals surface area contributed by atoms with Crippen molar-refractivity contribution in [2.24, 2.45) is 11.7 Å². The fraction of sp³-hybridized carbons (Fsp3) is 0.467. The number of hydrogen-bond acceptors (Lipinski definition) is 7. The molecule has 2 fully saturated rings. The Morgan fingerprint density at radius 3 is 2.32 bits per heavy atom. The number of ether oxygens (including phenoxy) is 1. The first-order chi connectivity index (χ1) is 20.6. The highest BCUT2D eigenvalue weighted by molar-refractivity contribution is 7.89. The molecular formula is C30H41ClN6O6S. The van der Waals surface area contributed by atoms with Gasteiger partial charge in [-0.2, -0.15) is 4.72 Å². The summed E-state index contributed by atoms with van der Waals surface area (Å²) >= 11 is 0. The molecule has 1 aliphatic carbocycles. The lowest BCUT2D eigenvalue weighted by molar-refractivity contribution is -0.156. The average Bonchev–Trinajstić information content (AvgIpc) is 3.84. The third-order valence-electron chi connectivity index (χ3n) is 7.57. The van der Waals surface area contributed by atoms with Crippen molar-refractivity contribution in [2.75, 3.05) is 26.2 Å². The van der Waals surface area contributed by atoms with Gasteiger partial charge in [-0.1, -0.05) is 42.5 Å². The van der Waals surface area contributed by atoms with E-state index in [9.17, 15) is 22.8 Å². The lowest BCUT2D eigenvalue weighted by Gasteiger charge is -2.33. The Morgan fingerprint density at radius 1 is 1.05 bits per heavy atom. The Bertz CT molecular complexity index is 1400. The lowest BCUT2D eigenvalue weighted by atomic mass is 9.98. The number of hydrogen-bond donors (Lipinski definition) is 4. The van der Waals surface area contributed by atoms with Crippen molar-refractivity contribution in [3.63, 3.8) is 0 Å². The van der Waals surface area contributed by atoms with Crippen LogP contribution in [0, 0.1) is 11.3 Å². The molecule has 2 aliphatic rings. The monoisotopic (exact) mass is 648 g/mol. The summed E-state index contributed by atoms with van der Waals surface area (Å²) in [6.45, 7) is 3.30. The fourth-order valence-electron chi connectivity index (χ4n) is 5.17. The first-order valence-electron chi connectivity index (χ1n) is 14.6. The van der Waals surface area contributed by atoms with Crippen LogP contribution in [0.3, 0.4) is 0 Å². The predicted octanol–water partition coefficient (Wildman–Crippen LogP) is 2.44. The number of nitrogens with one attached hydrogen (secondary N) is 3. The number of benzene rings is 2. The molecule has 0 unspecified atom stereocenters. The van der Waals surface area contributed by atoms with E-state index in [1.54, 1.807) is 24.0 Å². The Kier molecular flexibility index (Phi) is 12.6. The largest absolute Gasteiger partial charge is 0.463 e. The van der Waals surface area contributed by atoms with Gasteiger partial charge < -0.3 is 25.6 Å². The van der Waals surface area contributed by atoms with Gasteiger partial charge in [0.25, 0.3) is 0 Å². The number of esters is 1. The Morgan fingerprint density at radius 2 is 1.70 bits per heavy atom. The van der Waals surface area contributed by atoms with Crippen LogP contribution in [0.4, 0.5) is 0 Å². The molecule has 0 radical (unpaired) electrons. The summed E-state index contributed by atoms with van der Waals surface area (Å²) in [5.74, 6) is -1.57. The number of carbonyl (C=O) groups excluding carboxylic acids is 3. The van der Waals surface area contributed by atoms with E-state index in [1.807, 2.05) is 30.3 Å². The van der Waals surface area contributed by atoms with E-state index >= 15 is 0 Å². The minimum Gasteiger partial charge on any atom is -0.463 e. The third kappa shape index (κ3) is 9.41. The zero-order valence-corrected chi connectivity index (χ0v) is 26.4. The van der Waals surface area contributed by atoms with E-state index < -0.39 is 28.1 Å². The zero-order valence-electron chi connectivity index (χ0n) is 24.7. The molecule has 0 bridgehead atoms. The van der Waals surface area contributed by atoms with Crippen molar-refractivity contribution in [2.45, 2.75) is 62.6 Å². The second-order valence-electron chi connectivity index (χ2n) is 10.8. The number of sulfonamides is 1. The Hall–Kier alpha value is -3.68. The molecule has 1 saturated carbocycles. The van der Waals surface area contributed by atoms with Crippen molar-refractivity contribution in [3.8, 4) is 11.1 Å². The minimum atomic E-state index is -4.22. The molecule has 0 aromatic heterocycles. The van der Waals surface area contributed by atoms with E-state index in [0.29, 0.717) is 25.9 Å². The predicted molar refractivity (Wildman–Crippen MR) is 168 cm³/mol. The van der Waals surface area contributed by atoms with Gasteiger partial charge >= 0.3 is 5.97 Å². The second kappa shape index (κ2) is 15.9. The molecule has 2 amide bonds. The van der Waals surface area contributed by atoms with Crippen molar-refractivity contribution >= 4 is 46.2 Å². The third-order valence-corrected chi connectivity index (χ3v) is 8.99. The van der Waals surface area contributed by atoms with Crippen molar-refractivity contribution in [1.29, 1.82) is 5.41 Å². The summed E-state index contributed by atoms with van der Waals surface area (Å²) in [6, 6.07) is 15.4. The molecule has 1 aliphatic heterocycles. The normalized spacial score (nSPS) is 17.1. The van der Waals surface area contributed by atoms with Gasteiger partial charge in [-0.15, -0.1) is 12.4 Å². The highest BCUT2D eigenvalue weighted by Crippen LogP contribution is 2.30. The highest BCUT2D eigenvalue weighted by atomic mass is 35.5. The van der Waals surface area contributed by atoms with Gasteiger partial charge in [0.1, 0.15) is 0 Å². The maximum atomic E-state index is 13.4. The minimum absolute atomic E-state index is 0. The van der Waals surface area contributed by atoms with Crippen LogP contribution >= 0.6 is 12.4 Å². The number of carbonyl (C=O) groups is 3. The molecular weight excluding hydrogens is 608 g/mol. The van der Waals surface area contributed by atoms with Gasteiger partial charge in [0.2, 0.25) is 21.8 Å². The maximum Gasteiger partial charge on any atom is 0.345 e. The molecule has 14 heteroatoms. The number of likely N-dealkylation sites (tertiary alicyclic amines) is 1. The summed E-state index contributed by atoms with van der Waals surface area (Å²) in [6.07, 6.45) is 1.10. The number of piperidine rings is 1. The van der Waals surface area contributed by atoms with E-state index in [0.717, 1.165) is 30.5 Å². The fourth-order valence-corrected chi connectivity index (χ4v) is 6.30. The number of nitrogens with two attached hydrogens (primary N) is 1. The molecule has 44 heavy (non-hydrogen) atoms. The quantitative estimate of drug-likeness (QED) is 0.111. The number of amides is 2. The SMILES string of the molecule is CCOC(=O)[C@H](NS(=O)(=O)c1ccc(-c2ccccc2)cc1)N(C(=O)CCC(=O)NC[C@@H]1CCCN(C(=N)N)C1)C1CC1.Cl. The van der Waals surface area contributed by atoms with Gasteiger partial charge in [-0.3, -0.25) is 15.0 Å². The first-order valence-corrected chi connectivity index (χ1v) is 16.1. The molecule has 12 nitrogen and oxygen atoms in total. The molecule has 1 saturated heterocycles. The number of nitrogens with zero attached hydrogens (tertiary/aromatic N) is 2. The van der Waals surface area contributed by atoms with E-state index in [-0.39, 0.29) is 60.6 Å². The van der Waals surface area contributed by atoms with Crippen LogP contribution in [-0.4, -0.2) is 80.4 Å². The lowest BCUT2D eigenvalue weighted by Crippen LogP contribution is -2.56. The van der Waals surface area contributed by atoms with Crippen LogP contribution < -0.4 is 15.8 Å². The summed E-state index contributed by atoms with van der Waals surface area (Å²) in [5.41, 5.74) is 7.35. The van der Waals surface area contributed by atoms with E-state index in [1.165, 1.54) is 17.0 Å². The second-order valence-corrected chi connectivity index (χ2v) is 12.6. The molecule has 5 N–H and O–H groups in total. The number of halogens is 1. The van der Waals surface area contributed by atoms with Gasteiger partial charge in [-0.25, -0.2) is 13.2 Å². The average molecular weight is 649 g/mol. The zero-order chi connectivity index (χ0) is 31.0. The van der Waals surface area contributed by atoms with E-state index in [2.05, 4.69) is 10.0 Å². The van der Waals surface area contributed by atoms with Gasteiger partial charge in [0.15, 0.2) is 12.1 Å². The van der Waals surface area contributed by atoms with Crippen LogP contribution in [-0.2, 0) is 29.1 Å². The van der Waals surface area contributed by atoms with Crippen LogP contribution in [0.25, 0.3) is 11.1 Å². The summed E-state index contributed by atoms with van der Waals surface area (Å²) in [7, 11) is -4.22. The molecule has 4 rings (SSSR count). The van der Waals surface area contributed by atoms with E-state index in [4.69, 9.17) is 15.9 Å². The van der Waals surface area contributed by atoms with Gasteiger partial charge in [0, 0.05) is 38.5 Å². The molecule has 240 valence electrons. The summed E-state index contributed by atoms with van der Waals surface area (Å²) in [5, 5.41) is 10.5. The Labute approximate surface area is 264 Å². The summed E-state index contributed by atoms with van der Waals surface area (Å²) in [4.78, 5) is 41.9. The van der Waals surface area contributed by atoms with Crippen LogP contribution in [0.5, 0.6) is 0 Å². The highest BCUT2D eigenvalue weighted by Gasteiger charge is 2.43. The van der Waals surface area contributed by atoms with Crippen LogP contribution in [0.1, 0.15) is 45.4 Å².